The zero-order valence-corrected chi connectivity index (χ0v) is 21.9. The van der Waals surface area contributed by atoms with Gasteiger partial charge in [0.2, 0.25) is 11.8 Å². The molecule has 3 heterocycles. The van der Waals surface area contributed by atoms with Crippen molar-refractivity contribution in [2.45, 2.75) is 59.0 Å². The molecule has 2 aromatic heterocycles. The number of aryl methyl sites for hydroxylation is 3. The maximum atomic E-state index is 12.9. The Kier molecular flexibility index (Phi) is 7.75. The first-order valence-electron chi connectivity index (χ1n) is 12.1. The molecule has 1 unspecified atom stereocenters. The number of fused-ring (bicyclic) bond motifs is 1. The molecule has 1 aromatic carbocycles. The molecular weight excluding hydrogens is 474 g/mol. The number of nitriles is 1. The van der Waals surface area contributed by atoms with E-state index in [0.29, 0.717) is 49.5 Å². The lowest BCUT2D eigenvalue weighted by Crippen LogP contribution is -2.35. The summed E-state index contributed by atoms with van der Waals surface area (Å²) in [6.45, 7) is 7.50. The summed E-state index contributed by atoms with van der Waals surface area (Å²) in [6, 6.07) is 9.97. The van der Waals surface area contributed by atoms with Gasteiger partial charge in [-0.3, -0.25) is 9.59 Å². The molecule has 9 heteroatoms. The number of imidazole rings is 1. The van der Waals surface area contributed by atoms with Crippen LogP contribution >= 0.6 is 11.3 Å². The molecule has 1 aliphatic rings. The number of methoxy groups -OCH3 is 1. The van der Waals surface area contributed by atoms with Crippen molar-refractivity contribution in [1.29, 1.82) is 5.26 Å². The Labute approximate surface area is 215 Å². The summed E-state index contributed by atoms with van der Waals surface area (Å²) in [5.74, 6) is 1.60. The van der Waals surface area contributed by atoms with Crippen molar-refractivity contribution in [3.8, 4) is 11.8 Å². The summed E-state index contributed by atoms with van der Waals surface area (Å²) in [4.78, 5) is 32.9. The van der Waals surface area contributed by atoms with Gasteiger partial charge in [-0.05, 0) is 49.4 Å². The van der Waals surface area contributed by atoms with Crippen LogP contribution in [0.5, 0.6) is 5.75 Å². The molecule has 1 N–H and O–H groups in total. The van der Waals surface area contributed by atoms with Gasteiger partial charge in [0.15, 0.2) is 0 Å². The summed E-state index contributed by atoms with van der Waals surface area (Å²) in [6.07, 6.45) is 3.26. The first-order chi connectivity index (χ1) is 17.3. The van der Waals surface area contributed by atoms with Crippen molar-refractivity contribution in [3.05, 3.63) is 63.5 Å². The van der Waals surface area contributed by atoms with Crippen LogP contribution < -0.4 is 10.1 Å². The van der Waals surface area contributed by atoms with E-state index in [1.54, 1.807) is 7.11 Å². The van der Waals surface area contributed by atoms with Crippen LogP contribution in [0.15, 0.2) is 30.5 Å². The van der Waals surface area contributed by atoms with Crippen LogP contribution in [-0.2, 0) is 29.1 Å². The number of amides is 2. The third kappa shape index (κ3) is 5.60. The monoisotopic (exact) mass is 505 g/mol. The van der Waals surface area contributed by atoms with E-state index in [1.165, 1.54) is 11.3 Å². The second kappa shape index (κ2) is 11.0. The molecule has 0 radical (unpaired) electrons. The van der Waals surface area contributed by atoms with Gasteiger partial charge < -0.3 is 19.5 Å². The van der Waals surface area contributed by atoms with Crippen LogP contribution in [0.1, 0.15) is 58.8 Å². The van der Waals surface area contributed by atoms with Gasteiger partial charge in [0.25, 0.3) is 0 Å². The number of nitrogens with one attached hydrogen (secondary N) is 1. The number of hydrogen-bond donors (Lipinski definition) is 1. The maximum absolute atomic E-state index is 12.9. The standard InChI is InChI=1S/C27H31N5O3S/c1-17(20-6-5-7-21(13-20)35-4)12-25(33)30-27-23(14-28)22-8-10-32(16-24(22)36-27)26(34)9-11-31-15-18(2)29-19(31)3/h5-7,13,15,17H,8-12,16H2,1-4H3,(H,30,33). The first kappa shape index (κ1) is 25.5. The molecule has 2 amide bonds. The molecule has 0 saturated heterocycles. The fraction of sp³-hybridized carbons (Fsp3) is 0.407. The molecule has 0 fully saturated rings. The van der Waals surface area contributed by atoms with Crippen LogP contribution in [-0.4, -0.2) is 39.9 Å². The van der Waals surface area contributed by atoms with E-state index in [2.05, 4.69) is 16.4 Å². The highest BCUT2D eigenvalue weighted by Gasteiger charge is 2.27. The van der Waals surface area contributed by atoms with Crippen LogP contribution in [0.25, 0.3) is 0 Å². The minimum atomic E-state index is -0.139. The van der Waals surface area contributed by atoms with Crippen LogP contribution in [0.2, 0.25) is 0 Å². The van der Waals surface area contributed by atoms with Crippen molar-refractivity contribution in [1.82, 2.24) is 14.5 Å². The lowest BCUT2D eigenvalue weighted by molar-refractivity contribution is -0.132. The maximum Gasteiger partial charge on any atom is 0.225 e. The van der Waals surface area contributed by atoms with Gasteiger partial charge in [-0.15, -0.1) is 11.3 Å². The van der Waals surface area contributed by atoms with Crippen molar-refractivity contribution in [2.24, 2.45) is 0 Å². The smallest absolute Gasteiger partial charge is 0.225 e. The minimum Gasteiger partial charge on any atom is -0.497 e. The summed E-state index contributed by atoms with van der Waals surface area (Å²) in [5.41, 5.74) is 3.43. The Hall–Kier alpha value is -3.64. The number of carbonyl (C=O) groups is 2. The van der Waals surface area contributed by atoms with Crippen molar-refractivity contribution in [2.75, 3.05) is 19.0 Å². The Balaban J connectivity index is 1.39. The first-order valence-corrected chi connectivity index (χ1v) is 12.9. The van der Waals surface area contributed by atoms with E-state index in [9.17, 15) is 14.9 Å². The molecule has 0 bridgehead atoms. The molecule has 0 aliphatic carbocycles. The normalized spacial score (nSPS) is 13.6. The Morgan fingerprint density at radius 3 is 2.83 bits per heavy atom. The Bertz CT molecular complexity index is 1320. The number of rotatable bonds is 8. The molecule has 4 rings (SSSR count). The van der Waals surface area contributed by atoms with Crippen LogP contribution in [0.4, 0.5) is 5.00 Å². The molecule has 0 spiro atoms. The molecule has 8 nitrogen and oxygen atoms in total. The Morgan fingerprint density at radius 1 is 1.33 bits per heavy atom. The van der Waals surface area contributed by atoms with E-state index in [0.717, 1.165) is 33.3 Å². The van der Waals surface area contributed by atoms with Gasteiger partial charge in [-0.1, -0.05) is 19.1 Å². The molecular formula is C27H31N5O3S. The molecule has 188 valence electrons. The van der Waals surface area contributed by atoms with Gasteiger partial charge in [0.05, 0.1) is 24.9 Å². The predicted molar refractivity (Wildman–Crippen MR) is 139 cm³/mol. The van der Waals surface area contributed by atoms with E-state index >= 15 is 0 Å². The SMILES string of the molecule is COc1cccc(C(C)CC(=O)Nc2sc3c(c2C#N)CCN(C(=O)CCn2cc(C)nc2C)C3)c1. The van der Waals surface area contributed by atoms with Gasteiger partial charge in [0.1, 0.15) is 22.6 Å². The lowest BCUT2D eigenvalue weighted by atomic mass is 9.97. The van der Waals surface area contributed by atoms with E-state index < -0.39 is 0 Å². The number of carbonyl (C=O) groups excluding carboxylic acids is 2. The van der Waals surface area contributed by atoms with Crippen molar-refractivity contribution >= 4 is 28.2 Å². The van der Waals surface area contributed by atoms with Crippen molar-refractivity contribution < 1.29 is 14.3 Å². The van der Waals surface area contributed by atoms with Crippen LogP contribution in [0.3, 0.4) is 0 Å². The molecule has 1 atom stereocenters. The second-order valence-corrected chi connectivity index (χ2v) is 10.3. The number of thiophene rings is 1. The van der Waals surface area contributed by atoms with Gasteiger partial charge in [-0.2, -0.15) is 5.26 Å². The van der Waals surface area contributed by atoms with E-state index in [-0.39, 0.29) is 17.7 Å². The number of anilines is 1. The van der Waals surface area contributed by atoms with E-state index in [4.69, 9.17) is 4.74 Å². The number of ether oxygens (including phenoxy) is 1. The fourth-order valence-corrected chi connectivity index (χ4v) is 5.84. The minimum absolute atomic E-state index is 0.00347. The number of benzene rings is 1. The third-order valence-corrected chi connectivity index (χ3v) is 7.72. The molecule has 1 aliphatic heterocycles. The lowest BCUT2D eigenvalue weighted by Gasteiger charge is -2.27. The molecule has 36 heavy (non-hydrogen) atoms. The molecule has 3 aromatic rings. The van der Waals surface area contributed by atoms with E-state index in [1.807, 2.05) is 60.7 Å². The van der Waals surface area contributed by atoms with Gasteiger partial charge in [-0.25, -0.2) is 4.98 Å². The van der Waals surface area contributed by atoms with Crippen molar-refractivity contribution in [3.63, 3.8) is 0 Å². The fourth-order valence-electron chi connectivity index (χ4n) is 4.61. The average molecular weight is 506 g/mol. The topological polar surface area (TPSA) is 100 Å². The highest BCUT2D eigenvalue weighted by atomic mass is 32.1. The highest BCUT2D eigenvalue weighted by Crippen LogP contribution is 2.37. The Morgan fingerprint density at radius 2 is 2.14 bits per heavy atom. The quantitative estimate of drug-likeness (QED) is 0.484. The summed E-state index contributed by atoms with van der Waals surface area (Å²) >= 11 is 1.40. The predicted octanol–water partition coefficient (Wildman–Crippen LogP) is 4.55. The van der Waals surface area contributed by atoms with Crippen LogP contribution in [0, 0.1) is 25.2 Å². The largest absolute Gasteiger partial charge is 0.497 e. The summed E-state index contributed by atoms with van der Waals surface area (Å²) in [7, 11) is 1.62. The van der Waals surface area contributed by atoms with Gasteiger partial charge in [0, 0.05) is 37.0 Å². The zero-order chi connectivity index (χ0) is 25.8. The summed E-state index contributed by atoms with van der Waals surface area (Å²) in [5, 5.41) is 13.3. The number of aromatic nitrogens is 2. The van der Waals surface area contributed by atoms with Gasteiger partial charge >= 0.3 is 0 Å². The average Bonchev–Trinajstić information content (AvgIpc) is 3.38. The molecule has 0 saturated carbocycles. The number of hydrogen-bond acceptors (Lipinski definition) is 6. The third-order valence-electron chi connectivity index (χ3n) is 6.59. The number of nitrogens with zero attached hydrogens (tertiary/aromatic N) is 4. The summed E-state index contributed by atoms with van der Waals surface area (Å²) < 4.78 is 7.29. The second-order valence-electron chi connectivity index (χ2n) is 9.19. The zero-order valence-electron chi connectivity index (χ0n) is 21.1. The highest BCUT2D eigenvalue weighted by molar-refractivity contribution is 7.16.